The Morgan fingerprint density at radius 1 is 1.26 bits per heavy atom. The number of hydrogen-bond acceptors (Lipinski definition) is 4. The first-order chi connectivity index (χ1) is 11.0. The molecule has 23 heavy (non-hydrogen) atoms. The zero-order valence-electron chi connectivity index (χ0n) is 12.5. The molecule has 3 N–H and O–H groups in total. The summed E-state index contributed by atoms with van der Waals surface area (Å²) in [6.45, 7) is 1.56. The van der Waals surface area contributed by atoms with Crippen molar-refractivity contribution in [3.63, 3.8) is 0 Å². The molecule has 2 rings (SSSR count). The maximum Gasteiger partial charge on any atom is 0.262 e. The van der Waals surface area contributed by atoms with Crippen LogP contribution in [0.1, 0.15) is 21.5 Å². The highest BCUT2D eigenvalue weighted by atomic mass is 16.5. The van der Waals surface area contributed by atoms with E-state index in [0.29, 0.717) is 11.3 Å². The molecular weight excluding hydrogens is 294 g/mol. The SMILES string of the molecule is Cc1ccc(C(N)=O)c(OCC(=O)Nc2cccc(C#N)c2)c1. The van der Waals surface area contributed by atoms with Crippen LogP contribution in [0.3, 0.4) is 0 Å². The van der Waals surface area contributed by atoms with E-state index in [9.17, 15) is 9.59 Å². The Morgan fingerprint density at radius 3 is 2.74 bits per heavy atom. The van der Waals surface area contributed by atoms with E-state index in [4.69, 9.17) is 15.7 Å². The Kier molecular flexibility index (Phi) is 4.95. The number of primary amides is 1. The third kappa shape index (κ3) is 4.32. The van der Waals surface area contributed by atoms with Gasteiger partial charge in [0.1, 0.15) is 5.75 Å². The van der Waals surface area contributed by atoms with Gasteiger partial charge in [-0.05, 0) is 42.8 Å². The molecule has 0 spiro atoms. The number of anilines is 1. The molecule has 0 aliphatic carbocycles. The Bertz CT molecular complexity index is 794. The van der Waals surface area contributed by atoms with Gasteiger partial charge in [-0.1, -0.05) is 12.1 Å². The molecule has 6 nitrogen and oxygen atoms in total. The van der Waals surface area contributed by atoms with Gasteiger partial charge in [0.2, 0.25) is 0 Å². The van der Waals surface area contributed by atoms with Crippen LogP contribution in [0.4, 0.5) is 5.69 Å². The van der Waals surface area contributed by atoms with E-state index in [1.807, 2.05) is 13.0 Å². The van der Waals surface area contributed by atoms with Crippen molar-refractivity contribution in [3.05, 3.63) is 59.2 Å². The van der Waals surface area contributed by atoms with E-state index < -0.39 is 11.8 Å². The molecule has 116 valence electrons. The van der Waals surface area contributed by atoms with E-state index in [1.165, 1.54) is 0 Å². The number of nitrogens with two attached hydrogens (primary N) is 1. The lowest BCUT2D eigenvalue weighted by atomic mass is 10.1. The van der Waals surface area contributed by atoms with Crippen molar-refractivity contribution in [1.82, 2.24) is 0 Å². The normalized spacial score (nSPS) is 9.74. The fourth-order valence-electron chi connectivity index (χ4n) is 1.96. The van der Waals surface area contributed by atoms with Crippen LogP contribution >= 0.6 is 0 Å². The van der Waals surface area contributed by atoms with Crippen LogP contribution in [0, 0.1) is 18.3 Å². The van der Waals surface area contributed by atoms with Gasteiger partial charge in [0.15, 0.2) is 6.61 Å². The second-order valence-electron chi connectivity index (χ2n) is 4.89. The Labute approximate surface area is 133 Å². The molecule has 0 aliphatic heterocycles. The molecule has 0 aromatic heterocycles. The summed E-state index contributed by atoms with van der Waals surface area (Å²) >= 11 is 0. The molecule has 0 saturated carbocycles. The second kappa shape index (κ2) is 7.09. The van der Waals surface area contributed by atoms with Crippen LogP contribution in [0.5, 0.6) is 5.75 Å². The summed E-state index contributed by atoms with van der Waals surface area (Å²) in [5, 5.41) is 11.4. The predicted molar refractivity (Wildman–Crippen MR) is 85.0 cm³/mol. The number of rotatable bonds is 5. The van der Waals surface area contributed by atoms with Gasteiger partial charge >= 0.3 is 0 Å². The number of nitrogens with zero attached hydrogens (tertiary/aromatic N) is 1. The molecule has 2 aromatic carbocycles. The second-order valence-corrected chi connectivity index (χ2v) is 4.89. The minimum atomic E-state index is -0.623. The predicted octanol–water partition coefficient (Wildman–Crippen LogP) is 1.98. The molecule has 0 aliphatic rings. The molecule has 0 unspecified atom stereocenters. The molecule has 0 fully saturated rings. The summed E-state index contributed by atoms with van der Waals surface area (Å²) in [5.41, 5.74) is 7.32. The number of nitrogens with one attached hydrogen (secondary N) is 1. The maximum absolute atomic E-state index is 11.9. The van der Waals surface area contributed by atoms with Crippen LogP contribution < -0.4 is 15.8 Å². The van der Waals surface area contributed by atoms with Crippen molar-refractivity contribution >= 4 is 17.5 Å². The van der Waals surface area contributed by atoms with Crippen molar-refractivity contribution in [2.24, 2.45) is 5.73 Å². The average molecular weight is 309 g/mol. The summed E-state index contributed by atoms with van der Waals surface area (Å²) in [6.07, 6.45) is 0. The van der Waals surface area contributed by atoms with Crippen LogP contribution in [0.2, 0.25) is 0 Å². The van der Waals surface area contributed by atoms with Crippen molar-refractivity contribution in [1.29, 1.82) is 5.26 Å². The first-order valence-electron chi connectivity index (χ1n) is 6.83. The van der Waals surface area contributed by atoms with Gasteiger partial charge in [-0.2, -0.15) is 5.26 Å². The van der Waals surface area contributed by atoms with Gasteiger partial charge in [0, 0.05) is 5.69 Å². The van der Waals surface area contributed by atoms with E-state index in [1.54, 1.807) is 42.5 Å². The van der Waals surface area contributed by atoms with Crippen LogP contribution in [0.25, 0.3) is 0 Å². The minimum Gasteiger partial charge on any atom is -0.483 e. The molecule has 2 amide bonds. The van der Waals surface area contributed by atoms with Gasteiger partial charge < -0.3 is 15.8 Å². The first kappa shape index (κ1) is 16.0. The van der Waals surface area contributed by atoms with E-state index in [-0.39, 0.29) is 17.9 Å². The van der Waals surface area contributed by atoms with Gasteiger partial charge in [-0.3, -0.25) is 9.59 Å². The fourth-order valence-corrected chi connectivity index (χ4v) is 1.96. The molecule has 0 atom stereocenters. The molecule has 6 heteroatoms. The average Bonchev–Trinajstić information content (AvgIpc) is 2.53. The van der Waals surface area contributed by atoms with Gasteiger partial charge in [0.25, 0.3) is 11.8 Å². The Morgan fingerprint density at radius 2 is 2.04 bits per heavy atom. The fraction of sp³-hybridized carbons (Fsp3) is 0.118. The van der Waals surface area contributed by atoms with Crippen LogP contribution in [-0.4, -0.2) is 18.4 Å². The monoisotopic (exact) mass is 309 g/mol. The Hall–Kier alpha value is -3.33. The van der Waals surface area contributed by atoms with E-state index in [2.05, 4.69) is 5.32 Å². The lowest BCUT2D eigenvalue weighted by Crippen LogP contribution is -2.21. The third-order valence-corrected chi connectivity index (χ3v) is 3.04. The topological polar surface area (TPSA) is 105 Å². The highest BCUT2D eigenvalue weighted by Crippen LogP contribution is 2.20. The lowest BCUT2D eigenvalue weighted by Gasteiger charge is -2.11. The number of nitriles is 1. The number of carbonyl (C=O) groups excluding carboxylic acids is 2. The number of ether oxygens (including phenoxy) is 1. The van der Waals surface area contributed by atoms with Gasteiger partial charge in [0.05, 0.1) is 17.2 Å². The summed E-state index contributed by atoms with van der Waals surface area (Å²) in [6, 6.07) is 13.5. The molecule has 0 bridgehead atoms. The Balaban J connectivity index is 2.03. The quantitative estimate of drug-likeness (QED) is 0.881. The molecule has 0 heterocycles. The highest BCUT2D eigenvalue weighted by Gasteiger charge is 2.11. The largest absolute Gasteiger partial charge is 0.483 e. The van der Waals surface area contributed by atoms with Gasteiger partial charge in [-0.25, -0.2) is 0 Å². The van der Waals surface area contributed by atoms with Crippen LogP contribution in [-0.2, 0) is 4.79 Å². The summed E-state index contributed by atoms with van der Waals surface area (Å²) in [7, 11) is 0. The number of carbonyl (C=O) groups is 2. The standard InChI is InChI=1S/C17H15N3O3/c1-11-5-6-14(17(19)22)15(7-11)23-10-16(21)20-13-4-2-3-12(8-13)9-18/h2-8H,10H2,1H3,(H2,19,22)(H,20,21). The first-order valence-corrected chi connectivity index (χ1v) is 6.83. The molecular formula is C17H15N3O3. The van der Waals surface area contributed by atoms with Crippen molar-refractivity contribution in [2.75, 3.05) is 11.9 Å². The van der Waals surface area contributed by atoms with Crippen molar-refractivity contribution in [3.8, 4) is 11.8 Å². The molecule has 2 aromatic rings. The molecule has 0 saturated heterocycles. The lowest BCUT2D eigenvalue weighted by molar-refractivity contribution is -0.118. The third-order valence-electron chi connectivity index (χ3n) is 3.04. The van der Waals surface area contributed by atoms with E-state index in [0.717, 1.165) is 5.56 Å². The minimum absolute atomic E-state index is 0.217. The highest BCUT2D eigenvalue weighted by molar-refractivity contribution is 5.96. The van der Waals surface area contributed by atoms with E-state index >= 15 is 0 Å². The zero-order chi connectivity index (χ0) is 16.8. The van der Waals surface area contributed by atoms with Crippen LogP contribution in [0.15, 0.2) is 42.5 Å². The number of aryl methyl sites for hydroxylation is 1. The van der Waals surface area contributed by atoms with Crippen molar-refractivity contribution in [2.45, 2.75) is 6.92 Å². The number of hydrogen-bond donors (Lipinski definition) is 2. The van der Waals surface area contributed by atoms with Crippen molar-refractivity contribution < 1.29 is 14.3 Å². The number of benzene rings is 2. The summed E-state index contributed by atoms with van der Waals surface area (Å²) < 4.78 is 5.39. The number of amides is 2. The zero-order valence-corrected chi connectivity index (χ0v) is 12.5. The van der Waals surface area contributed by atoms with Gasteiger partial charge in [-0.15, -0.1) is 0 Å². The summed E-state index contributed by atoms with van der Waals surface area (Å²) in [5.74, 6) is -0.766. The molecule has 0 radical (unpaired) electrons. The summed E-state index contributed by atoms with van der Waals surface area (Å²) in [4.78, 5) is 23.3. The smallest absolute Gasteiger partial charge is 0.262 e. The maximum atomic E-state index is 11.9.